The van der Waals surface area contributed by atoms with Crippen molar-refractivity contribution in [2.45, 2.75) is 59.7 Å². The van der Waals surface area contributed by atoms with E-state index in [2.05, 4.69) is 20.5 Å². The molecule has 2 aromatic heterocycles. The number of aryl methyl sites for hydroxylation is 2. The van der Waals surface area contributed by atoms with Gasteiger partial charge in [-0.15, -0.1) is 5.10 Å². The molecule has 2 aromatic rings. The van der Waals surface area contributed by atoms with Crippen LogP contribution in [0.1, 0.15) is 56.3 Å². The summed E-state index contributed by atoms with van der Waals surface area (Å²) in [6.45, 7) is 8.97. The summed E-state index contributed by atoms with van der Waals surface area (Å²) in [7, 11) is 0. The summed E-state index contributed by atoms with van der Waals surface area (Å²) < 4.78 is 38.1. The standard InChI is InChI=1S/C21H26F3N5O/c1-13-10-16-15(25-19(13)26-18(30)11-20(2,3)4)6-5-9-29(16)12-14-7-8-17(28-27-14)21(22,23)24/h7-8,10H,5-6,9,11-12H2,1-4H3,(H,25,26,30). The van der Waals surface area contributed by atoms with Crippen molar-refractivity contribution in [2.24, 2.45) is 5.41 Å². The number of aromatic nitrogens is 3. The molecule has 0 atom stereocenters. The molecule has 1 aliphatic rings. The molecule has 0 aliphatic carbocycles. The number of hydrogen-bond acceptors (Lipinski definition) is 5. The van der Waals surface area contributed by atoms with E-state index in [1.807, 2.05) is 38.7 Å². The molecule has 0 saturated carbocycles. The van der Waals surface area contributed by atoms with Crippen LogP contribution in [-0.4, -0.2) is 27.6 Å². The van der Waals surface area contributed by atoms with Crippen molar-refractivity contribution in [3.63, 3.8) is 0 Å². The van der Waals surface area contributed by atoms with Crippen molar-refractivity contribution in [3.8, 4) is 0 Å². The maximum Gasteiger partial charge on any atom is 0.435 e. The minimum Gasteiger partial charge on any atom is -0.364 e. The topological polar surface area (TPSA) is 71.0 Å². The number of halogens is 3. The number of nitrogens with zero attached hydrogens (tertiary/aromatic N) is 4. The Morgan fingerprint density at radius 1 is 1.20 bits per heavy atom. The zero-order valence-electron chi connectivity index (χ0n) is 17.6. The van der Waals surface area contributed by atoms with Gasteiger partial charge in [-0.25, -0.2) is 4.98 Å². The highest BCUT2D eigenvalue weighted by atomic mass is 19.4. The zero-order valence-corrected chi connectivity index (χ0v) is 17.6. The third kappa shape index (κ3) is 5.46. The van der Waals surface area contributed by atoms with Crippen LogP contribution < -0.4 is 10.2 Å². The number of rotatable bonds is 4. The van der Waals surface area contributed by atoms with E-state index in [0.717, 1.165) is 42.4 Å². The van der Waals surface area contributed by atoms with Crippen molar-refractivity contribution in [2.75, 3.05) is 16.8 Å². The van der Waals surface area contributed by atoms with Gasteiger partial charge in [-0.1, -0.05) is 20.8 Å². The number of nitrogens with one attached hydrogen (secondary N) is 1. The fraction of sp³-hybridized carbons (Fsp3) is 0.524. The van der Waals surface area contributed by atoms with Gasteiger partial charge in [0, 0.05) is 13.0 Å². The molecule has 0 bridgehead atoms. The Labute approximate surface area is 173 Å². The van der Waals surface area contributed by atoms with Gasteiger partial charge in [0.05, 0.1) is 23.6 Å². The lowest BCUT2D eigenvalue weighted by atomic mass is 9.92. The van der Waals surface area contributed by atoms with Gasteiger partial charge in [0.1, 0.15) is 5.82 Å². The molecule has 6 nitrogen and oxygen atoms in total. The first kappa shape index (κ1) is 22.0. The summed E-state index contributed by atoms with van der Waals surface area (Å²) in [5.41, 5.74) is 1.94. The summed E-state index contributed by atoms with van der Waals surface area (Å²) in [6.07, 6.45) is -2.48. The first-order chi connectivity index (χ1) is 13.9. The zero-order chi connectivity index (χ0) is 22.1. The molecular weight excluding hydrogens is 395 g/mol. The minimum atomic E-state index is -4.50. The number of carbonyl (C=O) groups excluding carboxylic acids is 1. The fourth-order valence-electron chi connectivity index (χ4n) is 3.39. The lowest BCUT2D eigenvalue weighted by Crippen LogP contribution is -2.30. The molecule has 9 heteroatoms. The molecule has 162 valence electrons. The predicted molar refractivity (Wildman–Crippen MR) is 108 cm³/mol. The summed E-state index contributed by atoms with van der Waals surface area (Å²) in [5, 5.41) is 9.94. The Kier molecular flexibility index (Phi) is 6.01. The minimum absolute atomic E-state index is 0.0780. The van der Waals surface area contributed by atoms with E-state index in [0.29, 0.717) is 24.5 Å². The molecule has 0 spiro atoms. The Hall–Kier alpha value is -2.71. The highest BCUT2D eigenvalue weighted by molar-refractivity contribution is 5.91. The van der Waals surface area contributed by atoms with Crippen LogP contribution in [0.5, 0.6) is 0 Å². The lowest BCUT2D eigenvalue weighted by Gasteiger charge is -2.31. The largest absolute Gasteiger partial charge is 0.435 e. The third-order valence-electron chi connectivity index (χ3n) is 4.76. The van der Waals surface area contributed by atoms with Crippen LogP contribution in [0.4, 0.5) is 24.7 Å². The van der Waals surface area contributed by atoms with Crippen molar-refractivity contribution in [1.29, 1.82) is 0 Å². The van der Waals surface area contributed by atoms with E-state index < -0.39 is 11.9 Å². The molecule has 0 saturated heterocycles. The maximum absolute atomic E-state index is 12.7. The van der Waals surface area contributed by atoms with E-state index in [1.54, 1.807) is 0 Å². The van der Waals surface area contributed by atoms with Crippen LogP contribution in [0.2, 0.25) is 0 Å². The molecule has 1 aliphatic heterocycles. The number of carbonyl (C=O) groups is 1. The highest BCUT2D eigenvalue weighted by Crippen LogP contribution is 2.31. The Morgan fingerprint density at radius 2 is 1.93 bits per heavy atom. The summed E-state index contributed by atoms with van der Waals surface area (Å²) in [5.74, 6) is 0.477. The van der Waals surface area contributed by atoms with Crippen LogP contribution in [0.3, 0.4) is 0 Å². The van der Waals surface area contributed by atoms with E-state index in [-0.39, 0.29) is 11.3 Å². The smallest absolute Gasteiger partial charge is 0.364 e. The molecule has 1 amide bonds. The second-order valence-electron chi connectivity index (χ2n) is 8.84. The molecule has 0 aromatic carbocycles. The molecular formula is C21H26F3N5O. The Balaban J connectivity index is 1.77. The van der Waals surface area contributed by atoms with Crippen molar-refractivity contribution in [3.05, 3.63) is 40.8 Å². The summed E-state index contributed by atoms with van der Waals surface area (Å²) in [4.78, 5) is 19.0. The first-order valence-corrected chi connectivity index (χ1v) is 9.87. The fourth-order valence-corrected chi connectivity index (χ4v) is 3.39. The molecule has 3 rings (SSSR count). The quantitative estimate of drug-likeness (QED) is 0.786. The predicted octanol–water partition coefficient (Wildman–Crippen LogP) is 4.53. The van der Waals surface area contributed by atoms with Gasteiger partial charge >= 0.3 is 6.18 Å². The van der Waals surface area contributed by atoms with Gasteiger partial charge in [-0.3, -0.25) is 4.79 Å². The van der Waals surface area contributed by atoms with Crippen molar-refractivity contribution >= 4 is 17.4 Å². The average molecular weight is 421 g/mol. The average Bonchev–Trinajstić information content (AvgIpc) is 2.61. The van der Waals surface area contributed by atoms with Crippen LogP contribution in [0.25, 0.3) is 0 Å². The molecule has 0 unspecified atom stereocenters. The van der Waals surface area contributed by atoms with Gasteiger partial charge in [0.2, 0.25) is 5.91 Å². The molecule has 0 radical (unpaired) electrons. The van der Waals surface area contributed by atoms with E-state index in [9.17, 15) is 18.0 Å². The molecule has 0 fully saturated rings. The number of pyridine rings is 1. The summed E-state index contributed by atoms with van der Waals surface area (Å²) in [6, 6.07) is 4.27. The number of alkyl halides is 3. The second kappa shape index (κ2) is 8.20. The van der Waals surface area contributed by atoms with Crippen molar-refractivity contribution < 1.29 is 18.0 Å². The molecule has 30 heavy (non-hydrogen) atoms. The van der Waals surface area contributed by atoms with Crippen LogP contribution >= 0.6 is 0 Å². The number of fused-ring (bicyclic) bond motifs is 1. The van der Waals surface area contributed by atoms with Gasteiger partial charge in [0.25, 0.3) is 0 Å². The number of hydrogen-bond donors (Lipinski definition) is 1. The normalized spacial score (nSPS) is 14.4. The van der Waals surface area contributed by atoms with Gasteiger partial charge in [0.15, 0.2) is 5.69 Å². The monoisotopic (exact) mass is 421 g/mol. The van der Waals surface area contributed by atoms with Crippen LogP contribution in [0.15, 0.2) is 18.2 Å². The third-order valence-corrected chi connectivity index (χ3v) is 4.76. The van der Waals surface area contributed by atoms with Gasteiger partial charge < -0.3 is 10.2 Å². The van der Waals surface area contributed by atoms with Crippen LogP contribution in [0, 0.1) is 12.3 Å². The molecule has 1 N–H and O–H groups in total. The second-order valence-corrected chi connectivity index (χ2v) is 8.84. The van der Waals surface area contributed by atoms with E-state index >= 15 is 0 Å². The van der Waals surface area contributed by atoms with Gasteiger partial charge in [-0.2, -0.15) is 18.3 Å². The molecule has 3 heterocycles. The van der Waals surface area contributed by atoms with E-state index in [1.165, 1.54) is 6.07 Å². The van der Waals surface area contributed by atoms with Gasteiger partial charge in [-0.05, 0) is 48.9 Å². The first-order valence-electron chi connectivity index (χ1n) is 9.87. The number of amides is 1. The van der Waals surface area contributed by atoms with Crippen LogP contribution in [-0.2, 0) is 23.9 Å². The summed E-state index contributed by atoms with van der Waals surface area (Å²) >= 11 is 0. The highest BCUT2D eigenvalue weighted by Gasteiger charge is 2.33. The Bertz CT molecular complexity index is 920. The maximum atomic E-state index is 12.7. The number of anilines is 2. The van der Waals surface area contributed by atoms with E-state index in [4.69, 9.17) is 0 Å². The lowest BCUT2D eigenvalue weighted by molar-refractivity contribution is -0.141. The SMILES string of the molecule is Cc1cc2c(nc1NC(=O)CC(C)(C)C)CCCN2Cc1ccc(C(F)(F)F)nn1. The van der Waals surface area contributed by atoms with Crippen molar-refractivity contribution in [1.82, 2.24) is 15.2 Å². The Morgan fingerprint density at radius 3 is 2.53 bits per heavy atom.